The van der Waals surface area contributed by atoms with Gasteiger partial charge in [0.25, 0.3) is 11.8 Å². The molecule has 4 aromatic rings. The molecule has 2 N–H and O–H groups in total. The standard InChI is InChI=1S/C29H32FN9O2/c30-24(16-39-18-27(35-37-39)29(41)33-15-25-13-23(8-10-31-25)21-6-7-21)9-11-38-17-26(34-36-38)28(40)32-14-19-2-1-3-22(12-19)20-4-5-20/h1-3,8,10,12-13,17-18,20-21,24H,4-7,9,11,14-16H2,(H,32,40)(H,33,41). The van der Waals surface area contributed by atoms with Crippen LogP contribution in [0.5, 0.6) is 0 Å². The molecule has 3 aromatic heterocycles. The summed E-state index contributed by atoms with van der Waals surface area (Å²) in [5.74, 6) is 0.537. The zero-order valence-electron chi connectivity index (χ0n) is 22.6. The summed E-state index contributed by atoms with van der Waals surface area (Å²) < 4.78 is 17.4. The molecule has 2 amide bonds. The lowest BCUT2D eigenvalue weighted by Crippen LogP contribution is -2.23. The van der Waals surface area contributed by atoms with Gasteiger partial charge in [0, 0.05) is 25.7 Å². The third-order valence-electron chi connectivity index (χ3n) is 7.37. The number of rotatable bonds is 13. The van der Waals surface area contributed by atoms with Crippen molar-refractivity contribution in [1.82, 2.24) is 45.6 Å². The van der Waals surface area contributed by atoms with Crippen LogP contribution in [0.3, 0.4) is 0 Å². The van der Waals surface area contributed by atoms with Gasteiger partial charge >= 0.3 is 0 Å². The van der Waals surface area contributed by atoms with Crippen LogP contribution in [0.4, 0.5) is 4.39 Å². The predicted molar refractivity (Wildman–Crippen MR) is 147 cm³/mol. The number of amides is 2. The van der Waals surface area contributed by atoms with Crippen molar-refractivity contribution >= 4 is 11.8 Å². The van der Waals surface area contributed by atoms with E-state index in [2.05, 4.69) is 48.4 Å². The fourth-order valence-corrected chi connectivity index (χ4v) is 4.74. The molecule has 0 aliphatic heterocycles. The molecular weight excluding hydrogens is 525 g/mol. The number of nitrogens with one attached hydrogen (secondary N) is 2. The second-order valence-electron chi connectivity index (χ2n) is 10.8. The van der Waals surface area contributed by atoms with Crippen molar-refractivity contribution in [2.45, 2.75) is 76.3 Å². The molecule has 11 nitrogen and oxygen atoms in total. The summed E-state index contributed by atoms with van der Waals surface area (Å²) in [6.45, 7) is 0.859. The molecule has 6 rings (SSSR count). The van der Waals surface area contributed by atoms with Gasteiger partial charge in [0.1, 0.15) is 6.17 Å². The number of pyridine rings is 1. The van der Waals surface area contributed by atoms with Crippen molar-refractivity contribution < 1.29 is 14.0 Å². The van der Waals surface area contributed by atoms with Crippen molar-refractivity contribution in [2.24, 2.45) is 0 Å². The van der Waals surface area contributed by atoms with E-state index in [4.69, 9.17) is 0 Å². The molecular formula is C29H32FN9O2. The Hall–Kier alpha value is -4.48. The van der Waals surface area contributed by atoms with Crippen LogP contribution in [0.2, 0.25) is 0 Å². The van der Waals surface area contributed by atoms with Gasteiger partial charge in [-0.1, -0.05) is 34.7 Å². The number of hydrogen-bond donors (Lipinski definition) is 2. The van der Waals surface area contributed by atoms with Gasteiger partial charge in [0.15, 0.2) is 11.4 Å². The Morgan fingerprint density at radius 1 is 0.878 bits per heavy atom. The van der Waals surface area contributed by atoms with E-state index in [-0.39, 0.29) is 43.4 Å². The monoisotopic (exact) mass is 557 g/mol. The number of benzene rings is 1. The lowest BCUT2D eigenvalue weighted by molar-refractivity contribution is 0.0937. The van der Waals surface area contributed by atoms with Crippen LogP contribution >= 0.6 is 0 Å². The average Bonchev–Trinajstić information content (AvgIpc) is 3.93. The fraction of sp³-hybridized carbons (Fsp3) is 0.414. The number of alkyl halides is 1. The largest absolute Gasteiger partial charge is 0.347 e. The second-order valence-corrected chi connectivity index (χ2v) is 10.8. The summed E-state index contributed by atoms with van der Waals surface area (Å²) in [5, 5.41) is 21.3. The Kier molecular flexibility index (Phi) is 7.79. The quantitative estimate of drug-likeness (QED) is 0.258. The van der Waals surface area contributed by atoms with E-state index < -0.39 is 12.1 Å². The van der Waals surface area contributed by atoms with Crippen LogP contribution < -0.4 is 10.6 Å². The summed E-state index contributed by atoms with van der Waals surface area (Å²) in [5.41, 5.74) is 4.68. The van der Waals surface area contributed by atoms with E-state index in [0.29, 0.717) is 18.4 Å². The number of carbonyl (C=O) groups is 2. The first-order valence-electron chi connectivity index (χ1n) is 14.0. The molecule has 0 spiro atoms. The van der Waals surface area contributed by atoms with E-state index in [1.54, 1.807) is 6.20 Å². The zero-order chi connectivity index (χ0) is 28.2. The third kappa shape index (κ3) is 7.19. The minimum atomic E-state index is -1.26. The highest BCUT2D eigenvalue weighted by Gasteiger charge is 2.24. The molecule has 1 atom stereocenters. The number of carbonyl (C=O) groups excluding carboxylic acids is 2. The Bertz CT molecular complexity index is 1530. The van der Waals surface area contributed by atoms with Crippen molar-refractivity contribution in [3.05, 3.63) is 88.8 Å². The number of aryl methyl sites for hydroxylation is 1. The Labute approximate surface area is 236 Å². The number of halogens is 1. The lowest BCUT2D eigenvalue weighted by atomic mass is 10.1. The molecule has 1 aromatic carbocycles. The maximum Gasteiger partial charge on any atom is 0.273 e. The van der Waals surface area contributed by atoms with E-state index >= 15 is 0 Å². The molecule has 0 radical (unpaired) electrons. The molecule has 212 valence electrons. The maximum atomic E-state index is 14.7. The van der Waals surface area contributed by atoms with Crippen molar-refractivity contribution in [1.29, 1.82) is 0 Å². The first kappa shape index (κ1) is 26.7. The maximum absolute atomic E-state index is 14.7. The lowest BCUT2D eigenvalue weighted by Gasteiger charge is -2.07. The summed E-state index contributed by atoms with van der Waals surface area (Å²) in [4.78, 5) is 29.3. The topological polar surface area (TPSA) is 133 Å². The normalized spacial score (nSPS) is 15.4. The Morgan fingerprint density at radius 3 is 2.27 bits per heavy atom. The number of nitrogens with zero attached hydrogens (tertiary/aromatic N) is 7. The highest BCUT2D eigenvalue weighted by molar-refractivity contribution is 5.92. The summed E-state index contributed by atoms with van der Waals surface area (Å²) in [6.07, 6.45) is 8.41. The first-order valence-corrected chi connectivity index (χ1v) is 14.0. The Morgan fingerprint density at radius 2 is 1.54 bits per heavy atom. The van der Waals surface area contributed by atoms with Gasteiger partial charge in [0.2, 0.25) is 0 Å². The summed E-state index contributed by atoms with van der Waals surface area (Å²) in [7, 11) is 0. The van der Waals surface area contributed by atoms with Gasteiger partial charge in [-0.3, -0.25) is 19.3 Å². The molecule has 2 aliphatic carbocycles. The number of aromatic nitrogens is 7. The van der Waals surface area contributed by atoms with Gasteiger partial charge in [-0.15, -0.1) is 10.2 Å². The van der Waals surface area contributed by atoms with E-state index in [9.17, 15) is 14.0 Å². The van der Waals surface area contributed by atoms with Crippen LogP contribution in [-0.4, -0.2) is 53.0 Å². The minimum absolute atomic E-state index is 0.0623. The molecule has 3 heterocycles. The highest BCUT2D eigenvalue weighted by atomic mass is 19.1. The van der Waals surface area contributed by atoms with Crippen molar-refractivity contribution in [3.8, 4) is 0 Å². The smallest absolute Gasteiger partial charge is 0.273 e. The third-order valence-corrected chi connectivity index (χ3v) is 7.37. The highest BCUT2D eigenvalue weighted by Crippen LogP contribution is 2.40. The molecule has 2 saturated carbocycles. The molecule has 2 fully saturated rings. The van der Waals surface area contributed by atoms with Gasteiger partial charge in [-0.25, -0.2) is 9.07 Å². The van der Waals surface area contributed by atoms with E-state index in [0.717, 1.165) is 11.3 Å². The van der Waals surface area contributed by atoms with Gasteiger partial charge in [-0.2, -0.15) is 0 Å². The zero-order valence-corrected chi connectivity index (χ0v) is 22.6. The first-order chi connectivity index (χ1) is 20.0. The van der Waals surface area contributed by atoms with Gasteiger partial charge in [0.05, 0.1) is 31.2 Å². The molecule has 41 heavy (non-hydrogen) atoms. The van der Waals surface area contributed by atoms with Crippen LogP contribution in [0.25, 0.3) is 0 Å². The summed E-state index contributed by atoms with van der Waals surface area (Å²) in [6, 6.07) is 12.3. The van der Waals surface area contributed by atoms with Gasteiger partial charge < -0.3 is 10.6 Å². The van der Waals surface area contributed by atoms with E-state index in [1.165, 1.54) is 58.6 Å². The van der Waals surface area contributed by atoms with Crippen LogP contribution in [-0.2, 0) is 26.2 Å². The summed E-state index contributed by atoms with van der Waals surface area (Å²) >= 11 is 0. The van der Waals surface area contributed by atoms with Crippen molar-refractivity contribution in [3.63, 3.8) is 0 Å². The molecule has 2 aliphatic rings. The van der Waals surface area contributed by atoms with E-state index in [1.807, 2.05) is 24.3 Å². The van der Waals surface area contributed by atoms with Crippen LogP contribution in [0.15, 0.2) is 55.0 Å². The average molecular weight is 558 g/mol. The number of hydrogen-bond acceptors (Lipinski definition) is 7. The van der Waals surface area contributed by atoms with Crippen molar-refractivity contribution in [2.75, 3.05) is 0 Å². The molecule has 1 unspecified atom stereocenters. The molecule has 0 bridgehead atoms. The molecule has 12 heteroatoms. The van der Waals surface area contributed by atoms with Crippen LogP contribution in [0, 0.1) is 0 Å². The molecule has 0 saturated heterocycles. The fourth-order valence-electron chi connectivity index (χ4n) is 4.74. The van der Waals surface area contributed by atoms with Gasteiger partial charge in [-0.05, 0) is 66.3 Å². The second kappa shape index (κ2) is 11.9. The predicted octanol–water partition coefficient (Wildman–Crippen LogP) is 3.31. The minimum Gasteiger partial charge on any atom is -0.347 e. The SMILES string of the molecule is O=C(NCc1cccc(C2CC2)c1)c1cn(CCC(F)Cn2cc(C(=O)NCc3cc(C4CC4)ccn3)nn2)nn1. The Balaban J connectivity index is 0.928. The van der Waals surface area contributed by atoms with Crippen LogP contribution in [0.1, 0.15) is 87.3 Å².